The number of pyridine rings is 1. The highest BCUT2D eigenvalue weighted by molar-refractivity contribution is 5.95. The highest BCUT2D eigenvalue weighted by Crippen LogP contribution is 2.35. The van der Waals surface area contributed by atoms with Crippen LogP contribution in [0, 0.1) is 11.2 Å². The number of nitrogens with two attached hydrogens (primary N) is 2. The van der Waals surface area contributed by atoms with E-state index in [1.54, 1.807) is 36.4 Å². The molecule has 0 aliphatic carbocycles. The van der Waals surface area contributed by atoms with Crippen molar-refractivity contribution in [1.82, 2.24) is 19.7 Å². The predicted molar refractivity (Wildman–Crippen MR) is 160 cm³/mol. The molecular formula is C28H32F2N8O7. The number of nitrogen functional groups attached to an aromatic ring is 2. The van der Waals surface area contributed by atoms with Gasteiger partial charge in [-0.25, -0.2) is 18.6 Å². The summed E-state index contributed by atoms with van der Waals surface area (Å²) < 4.78 is 40.0. The van der Waals surface area contributed by atoms with E-state index < -0.39 is 36.2 Å². The number of aromatic nitrogens is 4. The Kier molecular flexibility index (Phi) is 13.0. The largest absolute Gasteiger partial charge is 0.497 e. The van der Waals surface area contributed by atoms with Crippen molar-refractivity contribution in [1.29, 1.82) is 5.41 Å². The van der Waals surface area contributed by atoms with Crippen molar-refractivity contribution < 1.29 is 38.1 Å². The fourth-order valence-electron chi connectivity index (χ4n) is 3.60. The molecule has 2 aromatic carbocycles. The number of aliphatic carboxylic acids is 2. The summed E-state index contributed by atoms with van der Waals surface area (Å²) >= 11 is 0. The van der Waals surface area contributed by atoms with Crippen molar-refractivity contribution in [2.75, 3.05) is 31.4 Å². The number of ether oxygens (including phenoxy) is 2. The fourth-order valence-corrected chi connectivity index (χ4v) is 3.60. The van der Waals surface area contributed by atoms with Gasteiger partial charge in [0.05, 0.1) is 7.11 Å². The van der Waals surface area contributed by atoms with Crippen LogP contribution in [0.3, 0.4) is 0 Å². The summed E-state index contributed by atoms with van der Waals surface area (Å²) in [5.74, 6) is -2.47. The van der Waals surface area contributed by atoms with Crippen LogP contribution in [0.1, 0.15) is 36.8 Å². The molecule has 9 N–H and O–H groups in total. The first-order valence-electron chi connectivity index (χ1n) is 12.8. The molecule has 4 aromatic rings. The van der Waals surface area contributed by atoms with Gasteiger partial charge in [0.1, 0.15) is 42.4 Å². The van der Waals surface area contributed by atoms with Gasteiger partial charge in [-0.05, 0) is 42.5 Å². The molecule has 0 saturated heterocycles. The van der Waals surface area contributed by atoms with Gasteiger partial charge in [0.2, 0.25) is 0 Å². The monoisotopic (exact) mass is 630 g/mol. The van der Waals surface area contributed by atoms with Crippen LogP contribution in [0.5, 0.6) is 11.5 Å². The molecule has 0 fully saturated rings. The van der Waals surface area contributed by atoms with Gasteiger partial charge in [0.25, 0.3) is 11.9 Å². The zero-order chi connectivity index (χ0) is 33.7. The third kappa shape index (κ3) is 10.3. The molecule has 0 unspecified atom stereocenters. The van der Waals surface area contributed by atoms with Crippen molar-refractivity contribution in [2.45, 2.75) is 19.9 Å². The molecule has 0 spiro atoms. The van der Waals surface area contributed by atoms with Crippen molar-refractivity contribution in [3.63, 3.8) is 0 Å². The normalized spacial score (nSPS) is 10.7. The second-order valence-corrected chi connectivity index (χ2v) is 8.81. The van der Waals surface area contributed by atoms with Gasteiger partial charge in [0, 0.05) is 42.9 Å². The van der Waals surface area contributed by atoms with Gasteiger partial charge in [-0.3, -0.25) is 20.0 Å². The van der Waals surface area contributed by atoms with Crippen molar-refractivity contribution in [3.05, 3.63) is 88.0 Å². The summed E-state index contributed by atoms with van der Waals surface area (Å²) in [7, 11) is 1.39. The number of carboxylic acids is 2. The number of nitrogens with zero attached hydrogens (tertiary/aromatic N) is 3. The van der Waals surface area contributed by atoms with E-state index in [1.165, 1.54) is 25.4 Å². The number of carboxylic acid groups (broad SMARTS) is 2. The maximum atomic E-state index is 15.7. The summed E-state index contributed by atoms with van der Waals surface area (Å²) in [6.07, 6.45) is 1.47. The summed E-state index contributed by atoms with van der Waals surface area (Å²) in [6.45, 7) is 0.986. The average molecular weight is 631 g/mol. The number of anilines is 2. The third-order valence-electron chi connectivity index (χ3n) is 5.38. The van der Waals surface area contributed by atoms with Crippen LogP contribution in [-0.4, -0.2) is 68.1 Å². The van der Waals surface area contributed by atoms with E-state index >= 15 is 4.39 Å². The van der Waals surface area contributed by atoms with Crippen LogP contribution in [0.15, 0.2) is 59.5 Å². The van der Waals surface area contributed by atoms with Crippen LogP contribution >= 0.6 is 0 Å². The zero-order valence-electron chi connectivity index (χ0n) is 24.4. The van der Waals surface area contributed by atoms with E-state index in [2.05, 4.69) is 20.4 Å². The van der Waals surface area contributed by atoms with Crippen molar-refractivity contribution >= 4 is 29.3 Å². The van der Waals surface area contributed by atoms with Crippen LogP contribution in [0.2, 0.25) is 0 Å². The summed E-state index contributed by atoms with van der Waals surface area (Å²) in [5, 5.41) is 29.9. The number of methoxy groups -OCH3 is 1. The number of aromatic amines is 1. The Morgan fingerprint density at radius 2 is 1.78 bits per heavy atom. The number of nitrogens with one attached hydrogen (secondary N) is 3. The standard InChI is InChI=1S/C24H24F2N8O3.2C2H4O2/c1-36-15-11-16(19(26)18(12-15)37-10-8-25)20(31-14-6-4-13(5-7-14)21(27)28)23-32-24(35)34(33-23)17-3-2-9-30-22(17)29;2*1-2(3)4/h2-7,9,11-12,20,31H,8,10H2,1H3,(H3,27,28)(H2,29,30)(H,32,33,35);2*1H3,(H,3,4)/t20-;;/m0../s1. The zero-order valence-corrected chi connectivity index (χ0v) is 24.4. The van der Waals surface area contributed by atoms with Gasteiger partial charge >= 0.3 is 5.69 Å². The molecular weight excluding hydrogens is 598 g/mol. The third-order valence-corrected chi connectivity index (χ3v) is 5.38. The smallest absolute Gasteiger partial charge is 0.348 e. The number of hydrogen-bond acceptors (Lipinski definition) is 10. The Hall–Kier alpha value is -6.00. The molecule has 2 heterocycles. The van der Waals surface area contributed by atoms with Crippen LogP contribution in [0.25, 0.3) is 5.69 Å². The molecule has 15 nitrogen and oxygen atoms in total. The Morgan fingerprint density at radius 3 is 2.31 bits per heavy atom. The lowest BCUT2D eigenvalue weighted by molar-refractivity contribution is -0.135. The number of H-pyrrole nitrogens is 1. The average Bonchev–Trinajstić information content (AvgIpc) is 3.36. The molecule has 0 aliphatic rings. The van der Waals surface area contributed by atoms with Crippen molar-refractivity contribution in [2.24, 2.45) is 5.73 Å². The Morgan fingerprint density at radius 1 is 1.16 bits per heavy atom. The molecule has 0 aliphatic heterocycles. The second kappa shape index (κ2) is 16.6. The number of hydrogen-bond donors (Lipinski definition) is 7. The van der Waals surface area contributed by atoms with Gasteiger partial charge in [0.15, 0.2) is 17.4 Å². The molecule has 1 atom stereocenters. The molecule has 0 radical (unpaired) electrons. The molecule has 17 heteroatoms. The van der Waals surface area contributed by atoms with Gasteiger partial charge in [-0.2, -0.15) is 4.68 Å². The van der Waals surface area contributed by atoms with E-state index in [9.17, 15) is 9.18 Å². The first-order valence-corrected chi connectivity index (χ1v) is 12.8. The lowest BCUT2D eigenvalue weighted by Gasteiger charge is -2.21. The maximum Gasteiger partial charge on any atom is 0.348 e. The molecule has 45 heavy (non-hydrogen) atoms. The number of rotatable bonds is 10. The van der Waals surface area contributed by atoms with Crippen LogP contribution < -0.4 is 31.9 Å². The van der Waals surface area contributed by atoms with E-state index in [4.69, 9.17) is 46.2 Å². The fraction of sp³-hybridized carbons (Fsp3) is 0.214. The number of halogens is 2. The Bertz CT molecular complexity index is 1660. The second-order valence-electron chi connectivity index (χ2n) is 8.81. The van der Waals surface area contributed by atoms with E-state index in [-0.39, 0.29) is 46.8 Å². The lowest BCUT2D eigenvalue weighted by Crippen LogP contribution is -2.18. The SMILES string of the molecule is CC(=O)O.CC(=O)O.COc1cc(OCCF)c(F)c([C@H](Nc2ccc(C(=N)N)cc2)c2nn(-c3cccnc3N)c(=O)[nH]2)c1. The predicted octanol–water partition coefficient (Wildman–Crippen LogP) is 2.70. The minimum absolute atomic E-state index is 0.00362. The van der Waals surface area contributed by atoms with Gasteiger partial charge in [-0.1, -0.05) is 0 Å². The summed E-state index contributed by atoms with van der Waals surface area (Å²) in [6, 6.07) is 11.3. The quantitative estimate of drug-likeness (QED) is 0.0988. The minimum Gasteiger partial charge on any atom is -0.497 e. The van der Waals surface area contributed by atoms with Gasteiger partial charge in [-0.15, -0.1) is 5.10 Å². The molecule has 240 valence electrons. The van der Waals surface area contributed by atoms with Crippen molar-refractivity contribution in [3.8, 4) is 17.2 Å². The first-order chi connectivity index (χ1) is 21.3. The number of amidine groups is 1. The number of alkyl halides is 1. The molecule has 0 amide bonds. The molecule has 2 aromatic heterocycles. The highest BCUT2D eigenvalue weighted by atomic mass is 19.1. The summed E-state index contributed by atoms with van der Waals surface area (Å²) in [4.78, 5) is 37.4. The van der Waals surface area contributed by atoms with E-state index in [0.717, 1.165) is 18.5 Å². The molecule has 4 rings (SSSR count). The van der Waals surface area contributed by atoms with E-state index in [0.29, 0.717) is 11.3 Å². The maximum absolute atomic E-state index is 15.7. The molecule has 0 saturated carbocycles. The number of carbonyl (C=O) groups is 2. The Balaban J connectivity index is 0.000000789. The number of benzene rings is 2. The lowest BCUT2D eigenvalue weighted by atomic mass is 10.0. The Labute approximate surface area is 254 Å². The van der Waals surface area contributed by atoms with Crippen LogP contribution in [-0.2, 0) is 9.59 Å². The van der Waals surface area contributed by atoms with Gasteiger partial charge < -0.3 is 36.5 Å². The highest BCUT2D eigenvalue weighted by Gasteiger charge is 2.27. The first kappa shape index (κ1) is 35.2. The van der Waals surface area contributed by atoms with E-state index in [1.807, 2.05) is 0 Å². The molecule has 0 bridgehead atoms. The summed E-state index contributed by atoms with van der Waals surface area (Å²) in [5.41, 5.74) is 12.0. The minimum atomic E-state index is -1.07. The van der Waals surface area contributed by atoms with Crippen LogP contribution in [0.4, 0.5) is 20.3 Å². The topological polar surface area (TPSA) is 245 Å².